The molecule has 0 aliphatic rings. The van der Waals surface area contributed by atoms with Crippen molar-refractivity contribution in [3.63, 3.8) is 0 Å². The Kier molecular flexibility index (Phi) is 3.08. The molecule has 1 aromatic heterocycles. The maximum absolute atomic E-state index is 10.9. The molecule has 0 bridgehead atoms. The number of nitrogen functional groups attached to an aromatic ring is 1. The largest absolute Gasteiger partial charge is 0.477 e. The van der Waals surface area contributed by atoms with Gasteiger partial charge in [0.05, 0.1) is 11.8 Å². The standard InChI is InChI=1S/C9H13N3O3/c1-4(2)15-7-6(8(13)14)5(3)11-9(10)12-7/h4H,1-3H3,(H,13,14)(H2,10,11,12). The molecule has 1 aromatic rings. The fourth-order valence-corrected chi connectivity index (χ4v) is 1.12. The number of ether oxygens (including phenoxy) is 1. The zero-order chi connectivity index (χ0) is 11.6. The van der Waals surface area contributed by atoms with Crippen molar-refractivity contribution in [3.05, 3.63) is 11.3 Å². The van der Waals surface area contributed by atoms with Gasteiger partial charge in [-0.25, -0.2) is 9.78 Å². The lowest BCUT2D eigenvalue weighted by atomic mass is 10.2. The number of nitrogens with zero attached hydrogens (tertiary/aromatic N) is 2. The van der Waals surface area contributed by atoms with Crippen LogP contribution < -0.4 is 10.5 Å². The predicted molar refractivity (Wildman–Crippen MR) is 53.9 cm³/mol. The molecule has 0 fully saturated rings. The second-order valence-corrected chi connectivity index (χ2v) is 3.32. The van der Waals surface area contributed by atoms with E-state index in [1.807, 2.05) is 0 Å². The lowest BCUT2D eigenvalue weighted by Gasteiger charge is -2.12. The molecule has 1 rings (SSSR count). The topological polar surface area (TPSA) is 98.3 Å². The Bertz CT molecular complexity index is 390. The quantitative estimate of drug-likeness (QED) is 0.769. The van der Waals surface area contributed by atoms with Crippen molar-refractivity contribution in [2.24, 2.45) is 0 Å². The molecule has 0 saturated heterocycles. The highest BCUT2D eigenvalue weighted by atomic mass is 16.5. The second kappa shape index (κ2) is 4.12. The van der Waals surface area contributed by atoms with Gasteiger partial charge in [0, 0.05) is 0 Å². The molecule has 0 saturated carbocycles. The van der Waals surface area contributed by atoms with E-state index in [0.29, 0.717) is 5.69 Å². The molecule has 0 unspecified atom stereocenters. The Morgan fingerprint density at radius 2 is 2.07 bits per heavy atom. The van der Waals surface area contributed by atoms with Crippen LogP contribution in [-0.4, -0.2) is 27.1 Å². The summed E-state index contributed by atoms with van der Waals surface area (Å²) < 4.78 is 5.26. The third-order valence-electron chi connectivity index (χ3n) is 1.64. The van der Waals surface area contributed by atoms with Crippen LogP contribution in [0.15, 0.2) is 0 Å². The molecule has 0 amide bonds. The number of aromatic carboxylic acids is 1. The van der Waals surface area contributed by atoms with Crippen LogP contribution in [0, 0.1) is 6.92 Å². The predicted octanol–water partition coefficient (Wildman–Crippen LogP) is 0.853. The molecule has 0 spiro atoms. The van der Waals surface area contributed by atoms with Crippen LogP contribution in [0.25, 0.3) is 0 Å². The molecule has 82 valence electrons. The fraction of sp³-hybridized carbons (Fsp3) is 0.444. The summed E-state index contributed by atoms with van der Waals surface area (Å²) in [5.74, 6) is -1.10. The highest BCUT2D eigenvalue weighted by Crippen LogP contribution is 2.20. The number of hydrogen-bond donors (Lipinski definition) is 2. The molecule has 0 radical (unpaired) electrons. The maximum Gasteiger partial charge on any atom is 0.343 e. The van der Waals surface area contributed by atoms with Gasteiger partial charge in [0.1, 0.15) is 5.56 Å². The summed E-state index contributed by atoms with van der Waals surface area (Å²) >= 11 is 0. The van der Waals surface area contributed by atoms with E-state index in [1.165, 1.54) is 0 Å². The van der Waals surface area contributed by atoms with Crippen molar-refractivity contribution in [1.29, 1.82) is 0 Å². The van der Waals surface area contributed by atoms with Crippen LogP contribution in [0.1, 0.15) is 29.9 Å². The van der Waals surface area contributed by atoms with Crippen molar-refractivity contribution < 1.29 is 14.6 Å². The van der Waals surface area contributed by atoms with Gasteiger partial charge in [-0.05, 0) is 20.8 Å². The zero-order valence-corrected chi connectivity index (χ0v) is 8.81. The van der Waals surface area contributed by atoms with Crippen LogP contribution in [0.5, 0.6) is 5.88 Å². The van der Waals surface area contributed by atoms with Crippen molar-refractivity contribution >= 4 is 11.9 Å². The second-order valence-electron chi connectivity index (χ2n) is 3.32. The van der Waals surface area contributed by atoms with E-state index in [-0.39, 0.29) is 23.5 Å². The molecule has 0 atom stereocenters. The molecule has 6 nitrogen and oxygen atoms in total. The number of anilines is 1. The molecule has 6 heteroatoms. The van der Waals surface area contributed by atoms with Gasteiger partial charge in [-0.3, -0.25) is 0 Å². The monoisotopic (exact) mass is 211 g/mol. The number of hydrogen-bond acceptors (Lipinski definition) is 5. The Morgan fingerprint density at radius 3 is 2.53 bits per heavy atom. The smallest absolute Gasteiger partial charge is 0.343 e. The van der Waals surface area contributed by atoms with Gasteiger partial charge in [0.15, 0.2) is 0 Å². The van der Waals surface area contributed by atoms with Gasteiger partial charge >= 0.3 is 5.97 Å². The van der Waals surface area contributed by atoms with Crippen molar-refractivity contribution in [3.8, 4) is 5.88 Å². The molecule has 0 aromatic carbocycles. The van der Waals surface area contributed by atoms with E-state index in [4.69, 9.17) is 15.6 Å². The van der Waals surface area contributed by atoms with E-state index in [0.717, 1.165) is 0 Å². The van der Waals surface area contributed by atoms with Crippen molar-refractivity contribution in [2.75, 3.05) is 5.73 Å². The summed E-state index contributed by atoms with van der Waals surface area (Å²) in [4.78, 5) is 18.5. The highest BCUT2D eigenvalue weighted by molar-refractivity contribution is 5.91. The number of carboxylic acids is 1. The Hall–Kier alpha value is -1.85. The molecule has 15 heavy (non-hydrogen) atoms. The van der Waals surface area contributed by atoms with Crippen LogP contribution in [0.3, 0.4) is 0 Å². The number of carbonyl (C=O) groups is 1. The number of aryl methyl sites for hydroxylation is 1. The first-order valence-corrected chi connectivity index (χ1v) is 4.46. The summed E-state index contributed by atoms with van der Waals surface area (Å²) in [6.07, 6.45) is -0.170. The van der Waals surface area contributed by atoms with E-state index in [1.54, 1.807) is 20.8 Å². The minimum absolute atomic E-state index is 0.00755. The molecular weight excluding hydrogens is 198 g/mol. The number of aromatic nitrogens is 2. The average Bonchev–Trinajstić information content (AvgIpc) is 1.99. The lowest BCUT2D eigenvalue weighted by Crippen LogP contribution is -2.15. The van der Waals surface area contributed by atoms with Crippen molar-refractivity contribution in [1.82, 2.24) is 9.97 Å². The normalized spacial score (nSPS) is 10.4. The summed E-state index contributed by atoms with van der Waals surface area (Å²) in [6.45, 7) is 5.10. The van der Waals surface area contributed by atoms with Gasteiger partial charge in [-0.15, -0.1) is 0 Å². The Labute approximate surface area is 87.1 Å². The molecular formula is C9H13N3O3. The van der Waals surface area contributed by atoms with Crippen LogP contribution in [0.2, 0.25) is 0 Å². The maximum atomic E-state index is 10.9. The van der Waals surface area contributed by atoms with E-state index in [9.17, 15) is 4.79 Å². The summed E-state index contributed by atoms with van der Waals surface area (Å²) in [5, 5.41) is 8.95. The number of carboxylic acid groups (broad SMARTS) is 1. The third-order valence-corrected chi connectivity index (χ3v) is 1.64. The fourth-order valence-electron chi connectivity index (χ4n) is 1.12. The van der Waals surface area contributed by atoms with Gasteiger partial charge in [0.25, 0.3) is 0 Å². The summed E-state index contributed by atoms with van der Waals surface area (Å²) in [5.41, 5.74) is 5.66. The molecule has 0 aliphatic heterocycles. The van der Waals surface area contributed by atoms with Gasteiger partial charge in [-0.2, -0.15) is 4.98 Å². The first kappa shape index (κ1) is 11.2. The highest BCUT2D eigenvalue weighted by Gasteiger charge is 2.19. The third kappa shape index (κ3) is 2.55. The average molecular weight is 211 g/mol. The van der Waals surface area contributed by atoms with Crippen LogP contribution >= 0.6 is 0 Å². The van der Waals surface area contributed by atoms with Crippen LogP contribution in [-0.2, 0) is 0 Å². The minimum Gasteiger partial charge on any atom is -0.477 e. The molecule has 3 N–H and O–H groups in total. The van der Waals surface area contributed by atoms with Gasteiger partial charge < -0.3 is 15.6 Å². The first-order valence-electron chi connectivity index (χ1n) is 4.46. The van der Waals surface area contributed by atoms with E-state index in [2.05, 4.69) is 9.97 Å². The Balaban J connectivity index is 3.27. The lowest BCUT2D eigenvalue weighted by molar-refractivity contribution is 0.0687. The summed E-state index contributed by atoms with van der Waals surface area (Å²) in [7, 11) is 0. The van der Waals surface area contributed by atoms with Crippen LogP contribution in [0.4, 0.5) is 5.95 Å². The number of rotatable bonds is 3. The number of nitrogens with two attached hydrogens (primary N) is 1. The minimum atomic E-state index is -1.12. The molecule has 1 heterocycles. The van der Waals surface area contributed by atoms with Gasteiger partial charge in [0.2, 0.25) is 11.8 Å². The van der Waals surface area contributed by atoms with E-state index < -0.39 is 5.97 Å². The zero-order valence-electron chi connectivity index (χ0n) is 8.81. The SMILES string of the molecule is Cc1nc(N)nc(OC(C)C)c1C(=O)O. The van der Waals surface area contributed by atoms with Gasteiger partial charge in [-0.1, -0.05) is 0 Å². The van der Waals surface area contributed by atoms with E-state index >= 15 is 0 Å². The van der Waals surface area contributed by atoms with Crippen molar-refractivity contribution in [2.45, 2.75) is 26.9 Å². The summed E-state index contributed by atoms with van der Waals surface area (Å²) in [6, 6.07) is 0. The first-order chi connectivity index (χ1) is 6.91. The molecule has 0 aliphatic carbocycles. The Morgan fingerprint density at radius 1 is 1.47 bits per heavy atom.